The van der Waals surface area contributed by atoms with E-state index in [9.17, 15) is 9.18 Å². The summed E-state index contributed by atoms with van der Waals surface area (Å²) < 4.78 is 14.7. The van der Waals surface area contributed by atoms with Crippen molar-refractivity contribution in [1.82, 2.24) is 20.3 Å². The maximum absolute atomic E-state index is 12.9. The van der Waals surface area contributed by atoms with Crippen molar-refractivity contribution in [3.05, 3.63) is 42.0 Å². The average molecular weight is 340 g/mol. The number of amides is 1. The van der Waals surface area contributed by atoms with Gasteiger partial charge in [-0.2, -0.15) is 0 Å². The Labute approximate surface area is 140 Å². The highest BCUT2D eigenvalue weighted by Gasteiger charge is 2.21. The summed E-state index contributed by atoms with van der Waals surface area (Å²) in [6.07, 6.45) is 3.65. The van der Waals surface area contributed by atoms with E-state index in [1.165, 1.54) is 17.0 Å². The molecule has 1 amide bonds. The zero-order valence-corrected chi connectivity index (χ0v) is 13.6. The summed E-state index contributed by atoms with van der Waals surface area (Å²) in [4.78, 5) is 13.9. The fraction of sp³-hybridized carbons (Fsp3) is 0.400. The minimum Gasteiger partial charge on any atom is -0.317 e. The monoisotopic (exact) mass is 339 g/mol. The lowest BCUT2D eigenvalue weighted by molar-refractivity contribution is 0.0988. The molecule has 1 aliphatic heterocycles. The van der Waals surface area contributed by atoms with E-state index in [2.05, 4.69) is 15.6 Å². The Balaban J connectivity index is 0.00000192. The number of halogens is 2. The van der Waals surface area contributed by atoms with Gasteiger partial charge in [0.2, 0.25) is 0 Å². The maximum atomic E-state index is 12.9. The second-order valence-corrected chi connectivity index (χ2v) is 5.41. The van der Waals surface area contributed by atoms with Gasteiger partial charge in [-0.05, 0) is 50.2 Å². The molecule has 6 nitrogen and oxygen atoms in total. The maximum Gasteiger partial charge on any atom is 0.280 e. The Kier molecular flexibility index (Phi) is 5.68. The Morgan fingerprint density at radius 1 is 1.30 bits per heavy atom. The van der Waals surface area contributed by atoms with Crippen molar-refractivity contribution in [3.8, 4) is 0 Å². The van der Waals surface area contributed by atoms with Crippen molar-refractivity contribution >= 4 is 24.0 Å². The van der Waals surface area contributed by atoms with Crippen LogP contribution in [0.15, 0.2) is 30.5 Å². The lowest BCUT2D eigenvalue weighted by Gasteiger charge is -2.22. The first-order valence-corrected chi connectivity index (χ1v) is 7.31. The molecule has 0 radical (unpaired) electrons. The summed E-state index contributed by atoms with van der Waals surface area (Å²) in [5.41, 5.74) is 0.910. The second-order valence-electron chi connectivity index (χ2n) is 5.41. The van der Waals surface area contributed by atoms with Crippen LogP contribution in [0.5, 0.6) is 0 Å². The zero-order chi connectivity index (χ0) is 15.5. The molecule has 1 N–H and O–H groups in total. The fourth-order valence-corrected chi connectivity index (χ4v) is 2.58. The molecule has 0 saturated carbocycles. The SMILES string of the molecule is CN(C(=O)c1cn(C2CCNCC2)nn1)c1ccc(F)cc1.Cl. The molecule has 8 heteroatoms. The molecule has 1 aromatic carbocycles. The van der Waals surface area contributed by atoms with E-state index in [4.69, 9.17) is 0 Å². The third-order valence-corrected chi connectivity index (χ3v) is 3.93. The number of hydrogen-bond acceptors (Lipinski definition) is 4. The fourth-order valence-electron chi connectivity index (χ4n) is 2.58. The van der Waals surface area contributed by atoms with Gasteiger partial charge in [0.15, 0.2) is 5.69 Å². The molecule has 0 bridgehead atoms. The number of nitrogens with one attached hydrogen (secondary N) is 1. The molecule has 23 heavy (non-hydrogen) atoms. The van der Waals surface area contributed by atoms with Crippen LogP contribution in [0.1, 0.15) is 29.4 Å². The molecule has 0 spiro atoms. The molecule has 0 unspecified atom stereocenters. The van der Waals surface area contributed by atoms with Crippen LogP contribution >= 0.6 is 12.4 Å². The normalized spacial score (nSPS) is 15.0. The molecule has 1 aromatic heterocycles. The van der Waals surface area contributed by atoms with Crippen LogP contribution in [-0.4, -0.2) is 41.0 Å². The Morgan fingerprint density at radius 2 is 1.96 bits per heavy atom. The Hall–Kier alpha value is -1.99. The highest BCUT2D eigenvalue weighted by atomic mass is 35.5. The van der Waals surface area contributed by atoms with Crippen LogP contribution in [-0.2, 0) is 0 Å². The predicted molar refractivity (Wildman–Crippen MR) is 87.5 cm³/mol. The number of aromatic nitrogens is 3. The van der Waals surface area contributed by atoms with E-state index in [0.717, 1.165) is 25.9 Å². The van der Waals surface area contributed by atoms with Crippen molar-refractivity contribution < 1.29 is 9.18 Å². The lowest BCUT2D eigenvalue weighted by atomic mass is 10.1. The van der Waals surface area contributed by atoms with E-state index < -0.39 is 0 Å². The van der Waals surface area contributed by atoms with Crippen LogP contribution < -0.4 is 10.2 Å². The summed E-state index contributed by atoms with van der Waals surface area (Å²) in [5.74, 6) is -0.590. The number of hydrogen-bond donors (Lipinski definition) is 1. The number of carbonyl (C=O) groups is 1. The third kappa shape index (κ3) is 3.86. The first-order chi connectivity index (χ1) is 10.6. The minimum absolute atomic E-state index is 0. The van der Waals surface area contributed by atoms with Gasteiger partial charge in [-0.1, -0.05) is 5.21 Å². The highest BCUT2D eigenvalue weighted by molar-refractivity contribution is 6.04. The standard InChI is InChI=1S/C15H18FN5O.ClH/c1-20(12-4-2-11(16)3-5-12)15(22)14-10-21(19-18-14)13-6-8-17-9-7-13;/h2-5,10,13,17H,6-9H2,1H3;1H. The Morgan fingerprint density at radius 3 is 2.61 bits per heavy atom. The van der Waals surface area contributed by atoms with Gasteiger partial charge in [-0.3, -0.25) is 4.79 Å². The van der Waals surface area contributed by atoms with Crippen LogP contribution in [0.4, 0.5) is 10.1 Å². The smallest absolute Gasteiger partial charge is 0.280 e. The van der Waals surface area contributed by atoms with Gasteiger partial charge in [0.25, 0.3) is 5.91 Å². The quantitative estimate of drug-likeness (QED) is 0.929. The topological polar surface area (TPSA) is 63.1 Å². The summed E-state index contributed by atoms with van der Waals surface area (Å²) in [6.45, 7) is 1.90. The van der Waals surface area contributed by atoms with E-state index in [1.54, 1.807) is 30.1 Å². The van der Waals surface area contributed by atoms with Crippen molar-refractivity contribution in [1.29, 1.82) is 0 Å². The van der Waals surface area contributed by atoms with Crippen molar-refractivity contribution in [2.75, 3.05) is 25.0 Å². The molecular formula is C15H19ClFN5O. The molecule has 2 heterocycles. The molecule has 124 valence electrons. The van der Waals surface area contributed by atoms with E-state index in [0.29, 0.717) is 11.4 Å². The third-order valence-electron chi connectivity index (χ3n) is 3.93. The van der Waals surface area contributed by atoms with Crippen LogP contribution in [0.2, 0.25) is 0 Å². The van der Waals surface area contributed by atoms with Crippen molar-refractivity contribution in [2.24, 2.45) is 0 Å². The minimum atomic E-state index is -0.332. The largest absolute Gasteiger partial charge is 0.317 e. The Bertz CT molecular complexity index is 654. The molecule has 2 aromatic rings. The summed E-state index contributed by atoms with van der Waals surface area (Å²) in [5, 5.41) is 11.4. The van der Waals surface area contributed by atoms with Crippen molar-refractivity contribution in [3.63, 3.8) is 0 Å². The lowest BCUT2D eigenvalue weighted by Crippen LogP contribution is -2.29. The summed E-state index contributed by atoms with van der Waals surface area (Å²) in [6, 6.07) is 6.05. The number of anilines is 1. The molecule has 1 saturated heterocycles. The molecule has 3 rings (SSSR count). The van der Waals surface area contributed by atoms with Gasteiger partial charge in [-0.25, -0.2) is 9.07 Å². The highest BCUT2D eigenvalue weighted by Crippen LogP contribution is 2.19. The molecule has 0 atom stereocenters. The number of piperidine rings is 1. The number of benzene rings is 1. The number of rotatable bonds is 3. The molecule has 1 fully saturated rings. The first kappa shape index (κ1) is 17.4. The predicted octanol–water partition coefficient (Wildman–Crippen LogP) is 2.04. The van der Waals surface area contributed by atoms with Gasteiger partial charge in [0.1, 0.15) is 5.82 Å². The van der Waals surface area contributed by atoms with Gasteiger partial charge in [0.05, 0.1) is 12.2 Å². The second kappa shape index (κ2) is 7.52. The number of carbonyl (C=O) groups excluding carboxylic acids is 1. The zero-order valence-electron chi connectivity index (χ0n) is 12.8. The molecule has 0 aliphatic carbocycles. The summed E-state index contributed by atoms with van der Waals surface area (Å²) in [7, 11) is 1.64. The number of nitrogens with zero attached hydrogens (tertiary/aromatic N) is 4. The van der Waals surface area contributed by atoms with E-state index in [-0.39, 0.29) is 30.2 Å². The molecular weight excluding hydrogens is 321 g/mol. The van der Waals surface area contributed by atoms with Gasteiger partial charge < -0.3 is 10.2 Å². The van der Waals surface area contributed by atoms with Crippen LogP contribution in [0.25, 0.3) is 0 Å². The van der Waals surface area contributed by atoms with Gasteiger partial charge in [-0.15, -0.1) is 17.5 Å². The van der Waals surface area contributed by atoms with E-state index in [1.807, 2.05) is 0 Å². The first-order valence-electron chi connectivity index (χ1n) is 7.31. The van der Waals surface area contributed by atoms with Gasteiger partial charge >= 0.3 is 0 Å². The summed E-state index contributed by atoms with van der Waals surface area (Å²) >= 11 is 0. The molecule has 1 aliphatic rings. The van der Waals surface area contributed by atoms with Gasteiger partial charge in [0, 0.05) is 12.7 Å². The van der Waals surface area contributed by atoms with E-state index >= 15 is 0 Å². The van der Waals surface area contributed by atoms with Crippen LogP contribution in [0.3, 0.4) is 0 Å². The van der Waals surface area contributed by atoms with Crippen molar-refractivity contribution in [2.45, 2.75) is 18.9 Å². The average Bonchev–Trinajstić information content (AvgIpc) is 3.05. The van der Waals surface area contributed by atoms with Crippen LogP contribution in [0, 0.1) is 5.82 Å².